The third-order valence-corrected chi connectivity index (χ3v) is 5.46. The second-order valence-electron chi connectivity index (χ2n) is 8.09. The molecule has 3 aliphatic rings. The highest BCUT2D eigenvalue weighted by molar-refractivity contribution is 4.97. The standard InChI is InChI=1S/C17H30O12/c1-17(2,24)8-5-25-13-7(4-19)27-16(12(23)14(13)28-8)29-15-11(22)10(21)9(20)6(3-18)26-15/h6-16,18-24H,3-5H2,1-2H3. The van der Waals surface area contributed by atoms with Crippen LogP contribution in [0.1, 0.15) is 13.8 Å². The average Bonchev–Trinajstić information content (AvgIpc) is 2.69. The monoisotopic (exact) mass is 426 g/mol. The molecule has 11 unspecified atom stereocenters. The third kappa shape index (κ3) is 4.59. The van der Waals surface area contributed by atoms with E-state index in [0.29, 0.717) is 0 Å². The van der Waals surface area contributed by atoms with Crippen LogP contribution in [0.25, 0.3) is 0 Å². The molecule has 0 amide bonds. The van der Waals surface area contributed by atoms with Crippen molar-refractivity contribution in [3.63, 3.8) is 0 Å². The Balaban J connectivity index is 1.74. The van der Waals surface area contributed by atoms with Crippen molar-refractivity contribution in [1.29, 1.82) is 0 Å². The minimum atomic E-state index is -1.69. The normalized spacial score (nSPS) is 48.9. The maximum absolute atomic E-state index is 10.7. The zero-order valence-electron chi connectivity index (χ0n) is 16.1. The summed E-state index contributed by atoms with van der Waals surface area (Å²) in [4.78, 5) is 0. The lowest BCUT2D eigenvalue weighted by molar-refractivity contribution is -0.393. The Morgan fingerprint density at radius 3 is 1.97 bits per heavy atom. The van der Waals surface area contributed by atoms with Crippen molar-refractivity contribution >= 4 is 0 Å². The SMILES string of the molecule is CC(C)(O)C1COC2C(CO)OC(OC3OC(CO)C(O)C(O)C3O)C(O)C2O1. The molecule has 7 N–H and O–H groups in total. The van der Waals surface area contributed by atoms with Crippen molar-refractivity contribution in [2.24, 2.45) is 0 Å². The highest BCUT2D eigenvalue weighted by Gasteiger charge is 2.54. The number of aliphatic hydroxyl groups is 7. The fourth-order valence-corrected chi connectivity index (χ4v) is 3.62. The van der Waals surface area contributed by atoms with E-state index in [0.717, 1.165) is 0 Å². The van der Waals surface area contributed by atoms with Crippen molar-refractivity contribution in [2.45, 2.75) is 87.0 Å². The molecule has 3 fully saturated rings. The van der Waals surface area contributed by atoms with Crippen LogP contribution < -0.4 is 0 Å². The van der Waals surface area contributed by atoms with Gasteiger partial charge in [0.05, 0.1) is 25.4 Å². The Morgan fingerprint density at radius 2 is 1.38 bits per heavy atom. The molecular weight excluding hydrogens is 396 g/mol. The zero-order chi connectivity index (χ0) is 21.5. The van der Waals surface area contributed by atoms with Gasteiger partial charge in [0.1, 0.15) is 54.9 Å². The van der Waals surface area contributed by atoms with Gasteiger partial charge in [-0.05, 0) is 13.8 Å². The van der Waals surface area contributed by atoms with Crippen molar-refractivity contribution in [1.82, 2.24) is 0 Å². The maximum atomic E-state index is 10.7. The molecule has 0 radical (unpaired) electrons. The largest absolute Gasteiger partial charge is 0.394 e. The summed E-state index contributed by atoms with van der Waals surface area (Å²) in [7, 11) is 0. The Kier molecular flexibility index (Phi) is 7.15. The van der Waals surface area contributed by atoms with E-state index in [1.807, 2.05) is 0 Å². The van der Waals surface area contributed by atoms with Gasteiger partial charge in [0.2, 0.25) is 0 Å². The fraction of sp³-hybridized carbons (Fsp3) is 1.00. The summed E-state index contributed by atoms with van der Waals surface area (Å²) < 4.78 is 27.7. The average molecular weight is 426 g/mol. The molecule has 0 aromatic carbocycles. The molecule has 0 aromatic heterocycles. The molecule has 0 saturated carbocycles. The molecule has 0 bridgehead atoms. The van der Waals surface area contributed by atoms with E-state index in [2.05, 4.69) is 0 Å². The van der Waals surface area contributed by atoms with Crippen molar-refractivity contribution in [2.75, 3.05) is 19.8 Å². The summed E-state index contributed by atoms with van der Waals surface area (Å²) in [5.41, 5.74) is -1.26. The minimum absolute atomic E-state index is 0.0233. The van der Waals surface area contributed by atoms with Gasteiger partial charge in [0, 0.05) is 0 Å². The van der Waals surface area contributed by atoms with Gasteiger partial charge in [-0.3, -0.25) is 0 Å². The first-order valence-corrected chi connectivity index (χ1v) is 9.48. The number of ether oxygens (including phenoxy) is 5. The molecule has 12 heteroatoms. The molecule has 170 valence electrons. The predicted molar refractivity (Wildman–Crippen MR) is 91.3 cm³/mol. The second-order valence-corrected chi connectivity index (χ2v) is 8.09. The first kappa shape index (κ1) is 23.2. The van der Waals surface area contributed by atoms with Gasteiger partial charge in [-0.1, -0.05) is 0 Å². The molecule has 3 aliphatic heterocycles. The van der Waals surface area contributed by atoms with E-state index < -0.39 is 86.3 Å². The Morgan fingerprint density at radius 1 is 0.793 bits per heavy atom. The van der Waals surface area contributed by atoms with Crippen molar-refractivity contribution in [3.05, 3.63) is 0 Å². The van der Waals surface area contributed by atoms with Gasteiger partial charge in [0.25, 0.3) is 0 Å². The van der Waals surface area contributed by atoms with Gasteiger partial charge >= 0.3 is 0 Å². The lowest BCUT2D eigenvalue weighted by atomic mass is 9.94. The topological polar surface area (TPSA) is 188 Å². The second kappa shape index (κ2) is 8.94. The van der Waals surface area contributed by atoms with Crippen LogP contribution in [0, 0.1) is 0 Å². The molecule has 12 nitrogen and oxygen atoms in total. The van der Waals surface area contributed by atoms with Crippen LogP contribution in [0.4, 0.5) is 0 Å². The quantitative estimate of drug-likeness (QED) is 0.225. The first-order chi connectivity index (χ1) is 13.6. The van der Waals surface area contributed by atoms with Crippen LogP contribution in [0.5, 0.6) is 0 Å². The number of hydrogen-bond donors (Lipinski definition) is 7. The molecule has 11 atom stereocenters. The smallest absolute Gasteiger partial charge is 0.189 e. The van der Waals surface area contributed by atoms with E-state index >= 15 is 0 Å². The van der Waals surface area contributed by atoms with E-state index in [4.69, 9.17) is 23.7 Å². The van der Waals surface area contributed by atoms with Gasteiger partial charge in [-0.25, -0.2) is 0 Å². The van der Waals surface area contributed by atoms with Crippen molar-refractivity contribution < 1.29 is 59.4 Å². The molecule has 3 rings (SSSR count). The van der Waals surface area contributed by atoms with Gasteiger partial charge in [-0.15, -0.1) is 0 Å². The number of fused-ring (bicyclic) bond motifs is 1. The van der Waals surface area contributed by atoms with E-state index in [1.165, 1.54) is 13.8 Å². The zero-order valence-corrected chi connectivity index (χ0v) is 16.1. The van der Waals surface area contributed by atoms with Gasteiger partial charge in [0.15, 0.2) is 12.6 Å². The highest BCUT2D eigenvalue weighted by Crippen LogP contribution is 2.34. The molecular formula is C17H30O12. The Hall–Kier alpha value is -0.480. The number of rotatable bonds is 5. The lowest BCUT2D eigenvalue weighted by Gasteiger charge is -2.50. The molecule has 3 saturated heterocycles. The third-order valence-electron chi connectivity index (χ3n) is 5.46. The Bertz CT molecular complexity index is 539. The Labute approximate surface area is 167 Å². The van der Waals surface area contributed by atoms with Crippen LogP contribution in [-0.4, -0.2) is 129 Å². The van der Waals surface area contributed by atoms with Crippen LogP contribution in [0.15, 0.2) is 0 Å². The van der Waals surface area contributed by atoms with Crippen LogP contribution >= 0.6 is 0 Å². The molecule has 0 aromatic rings. The lowest BCUT2D eigenvalue weighted by Crippen LogP contribution is -2.67. The van der Waals surface area contributed by atoms with Crippen LogP contribution in [0.2, 0.25) is 0 Å². The molecule has 3 heterocycles. The van der Waals surface area contributed by atoms with E-state index in [-0.39, 0.29) is 6.61 Å². The summed E-state index contributed by atoms with van der Waals surface area (Å²) in [6, 6.07) is 0. The fourth-order valence-electron chi connectivity index (χ4n) is 3.62. The first-order valence-electron chi connectivity index (χ1n) is 9.48. The summed E-state index contributed by atoms with van der Waals surface area (Å²) in [5, 5.41) is 69.7. The summed E-state index contributed by atoms with van der Waals surface area (Å²) in [6.07, 6.45) is -14.1. The van der Waals surface area contributed by atoms with E-state index in [1.54, 1.807) is 0 Å². The van der Waals surface area contributed by atoms with Crippen molar-refractivity contribution in [3.8, 4) is 0 Å². The summed E-state index contributed by atoms with van der Waals surface area (Å²) in [5.74, 6) is 0. The molecule has 0 spiro atoms. The van der Waals surface area contributed by atoms with Crippen LogP contribution in [-0.2, 0) is 23.7 Å². The maximum Gasteiger partial charge on any atom is 0.189 e. The van der Waals surface area contributed by atoms with Crippen LogP contribution in [0.3, 0.4) is 0 Å². The molecule has 29 heavy (non-hydrogen) atoms. The number of hydrogen-bond acceptors (Lipinski definition) is 12. The predicted octanol–water partition coefficient (Wildman–Crippen LogP) is -4.20. The minimum Gasteiger partial charge on any atom is -0.394 e. The summed E-state index contributed by atoms with van der Waals surface area (Å²) in [6.45, 7) is 1.94. The van der Waals surface area contributed by atoms with Gasteiger partial charge in [-0.2, -0.15) is 0 Å². The molecule has 0 aliphatic carbocycles. The van der Waals surface area contributed by atoms with E-state index in [9.17, 15) is 35.7 Å². The highest BCUT2D eigenvalue weighted by atomic mass is 16.8. The van der Waals surface area contributed by atoms with Gasteiger partial charge < -0.3 is 59.4 Å². The number of aliphatic hydroxyl groups excluding tert-OH is 6. The summed E-state index contributed by atoms with van der Waals surface area (Å²) >= 11 is 0.